The summed E-state index contributed by atoms with van der Waals surface area (Å²) < 4.78 is 5.07. The summed E-state index contributed by atoms with van der Waals surface area (Å²) in [5.41, 5.74) is 1.41. The van der Waals surface area contributed by atoms with Crippen molar-refractivity contribution in [1.82, 2.24) is 10.3 Å². The van der Waals surface area contributed by atoms with Gasteiger partial charge in [0.05, 0.1) is 7.11 Å². The van der Waals surface area contributed by atoms with E-state index in [0.717, 1.165) is 5.56 Å². The number of aromatic nitrogens is 1. The molecule has 0 aliphatic heterocycles. The van der Waals surface area contributed by atoms with Crippen LogP contribution in [0.4, 0.5) is 0 Å². The van der Waals surface area contributed by atoms with E-state index in [9.17, 15) is 4.79 Å². The Bertz CT molecular complexity index is 577. The largest absolute Gasteiger partial charge is 0.497 e. The number of halogens is 2. The van der Waals surface area contributed by atoms with Gasteiger partial charge in [-0.15, -0.1) is 12.4 Å². The molecule has 0 radical (unpaired) electrons. The normalized spacial score (nSPS) is 9.50. The summed E-state index contributed by atoms with van der Waals surface area (Å²) in [6.07, 6.45) is 3.16. The minimum atomic E-state index is -0.158. The third-order valence-corrected chi connectivity index (χ3v) is 2.99. The molecular weight excluding hydrogens is 299 g/mol. The van der Waals surface area contributed by atoms with Crippen LogP contribution in [0.3, 0.4) is 0 Å². The number of hydrogen-bond acceptors (Lipinski definition) is 3. The molecule has 0 atom stereocenters. The van der Waals surface area contributed by atoms with Crippen LogP contribution >= 0.6 is 24.0 Å². The molecular formula is C14H14Cl2N2O2. The van der Waals surface area contributed by atoms with E-state index in [2.05, 4.69) is 10.3 Å². The molecule has 0 saturated heterocycles. The third-order valence-electron chi connectivity index (χ3n) is 2.64. The SMILES string of the molecule is COc1ccc(CNC(=O)c2ccncc2)c(Cl)c1.Cl. The zero-order valence-electron chi connectivity index (χ0n) is 10.8. The van der Waals surface area contributed by atoms with Crippen molar-refractivity contribution in [2.75, 3.05) is 7.11 Å². The van der Waals surface area contributed by atoms with Gasteiger partial charge in [0.25, 0.3) is 5.91 Å². The first-order chi connectivity index (χ1) is 9.20. The Morgan fingerprint density at radius 3 is 2.60 bits per heavy atom. The van der Waals surface area contributed by atoms with E-state index < -0.39 is 0 Å². The van der Waals surface area contributed by atoms with Gasteiger partial charge in [0.2, 0.25) is 0 Å². The highest BCUT2D eigenvalue weighted by atomic mass is 35.5. The second-order valence-corrected chi connectivity index (χ2v) is 4.28. The highest BCUT2D eigenvalue weighted by Gasteiger charge is 2.07. The Morgan fingerprint density at radius 1 is 1.30 bits per heavy atom. The smallest absolute Gasteiger partial charge is 0.251 e. The highest BCUT2D eigenvalue weighted by Crippen LogP contribution is 2.22. The molecule has 0 spiro atoms. The number of hydrogen-bond donors (Lipinski definition) is 1. The molecule has 1 aromatic heterocycles. The molecule has 1 aromatic carbocycles. The van der Waals surface area contributed by atoms with Crippen LogP contribution in [0.5, 0.6) is 5.75 Å². The summed E-state index contributed by atoms with van der Waals surface area (Å²) in [6, 6.07) is 8.67. The van der Waals surface area contributed by atoms with E-state index in [4.69, 9.17) is 16.3 Å². The lowest BCUT2D eigenvalue weighted by atomic mass is 10.2. The van der Waals surface area contributed by atoms with Crippen LogP contribution in [0, 0.1) is 0 Å². The van der Waals surface area contributed by atoms with E-state index in [0.29, 0.717) is 22.9 Å². The first-order valence-electron chi connectivity index (χ1n) is 5.71. The molecule has 0 fully saturated rings. The molecule has 0 bridgehead atoms. The average molecular weight is 313 g/mol. The van der Waals surface area contributed by atoms with Crippen LogP contribution in [0.15, 0.2) is 42.7 Å². The molecule has 106 valence electrons. The summed E-state index contributed by atoms with van der Waals surface area (Å²) in [6.45, 7) is 0.365. The number of nitrogens with one attached hydrogen (secondary N) is 1. The summed E-state index contributed by atoms with van der Waals surface area (Å²) in [7, 11) is 1.58. The van der Waals surface area contributed by atoms with E-state index >= 15 is 0 Å². The zero-order valence-corrected chi connectivity index (χ0v) is 12.4. The standard InChI is InChI=1S/C14H13ClN2O2.ClH/c1-19-12-3-2-11(13(15)8-12)9-17-14(18)10-4-6-16-7-5-10;/h2-8H,9H2,1H3,(H,17,18);1H. The highest BCUT2D eigenvalue weighted by molar-refractivity contribution is 6.31. The predicted molar refractivity (Wildman–Crippen MR) is 80.7 cm³/mol. The fraction of sp³-hybridized carbons (Fsp3) is 0.143. The number of nitrogens with zero attached hydrogens (tertiary/aromatic N) is 1. The van der Waals surface area contributed by atoms with Gasteiger partial charge in [-0.1, -0.05) is 17.7 Å². The second kappa shape index (κ2) is 7.72. The van der Waals surface area contributed by atoms with Crippen LogP contribution in [-0.2, 0) is 6.54 Å². The number of amides is 1. The minimum Gasteiger partial charge on any atom is -0.497 e. The van der Waals surface area contributed by atoms with Gasteiger partial charge in [0.1, 0.15) is 5.75 Å². The molecule has 1 amide bonds. The maximum absolute atomic E-state index is 11.8. The van der Waals surface area contributed by atoms with Crippen molar-refractivity contribution in [2.24, 2.45) is 0 Å². The van der Waals surface area contributed by atoms with Crippen molar-refractivity contribution in [3.8, 4) is 5.75 Å². The molecule has 0 unspecified atom stereocenters. The van der Waals surface area contributed by atoms with Crippen LogP contribution in [0.1, 0.15) is 15.9 Å². The van der Waals surface area contributed by atoms with Crippen molar-refractivity contribution in [2.45, 2.75) is 6.54 Å². The molecule has 6 heteroatoms. The Labute approximate surface area is 128 Å². The fourth-order valence-corrected chi connectivity index (χ4v) is 1.82. The van der Waals surface area contributed by atoms with Crippen molar-refractivity contribution in [3.05, 3.63) is 58.9 Å². The lowest BCUT2D eigenvalue weighted by molar-refractivity contribution is 0.0951. The van der Waals surface area contributed by atoms with Gasteiger partial charge >= 0.3 is 0 Å². The van der Waals surface area contributed by atoms with Gasteiger partial charge in [-0.25, -0.2) is 0 Å². The van der Waals surface area contributed by atoms with Crippen LogP contribution in [0.25, 0.3) is 0 Å². The Morgan fingerprint density at radius 2 is 2.00 bits per heavy atom. The van der Waals surface area contributed by atoms with Crippen LogP contribution in [0.2, 0.25) is 5.02 Å². The number of rotatable bonds is 4. The minimum absolute atomic E-state index is 0. The molecule has 0 aliphatic carbocycles. The van der Waals surface area contributed by atoms with E-state index in [1.165, 1.54) is 0 Å². The molecule has 2 aromatic rings. The average Bonchev–Trinajstić information content (AvgIpc) is 2.46. The van der Waals surface area contributed by atoms with Gasteiger partial charge in [-0.3, -0.25) is 9.78 Å². The topological polar surface area (TPSA) is 51.2 Å². The Kier molecular flexibility index (Phi) is 6.28. The number of carbonyl (C=O) groups is 1. The summed E-state index contributed by atoms with van der Waals surface area (Å²) in [4.78, 5) is 15.7. The number of methoxy groups -OCH3 is 1. The van der Waals surface area contributed by atoms with Gasteiger partial charge in [-0.05, 0) is 29.8 Å². The second-order valence-electron chi connectivity index (χ2n) is 3.88. The third kappa shape index (κ3) is 4.11. The first-order valence-corrected chi connectivity index (χ1v) is 6.09. The van der Waals surface area contributed by atoms with Gasteiger partial charge < -0.3 is 10.1 Å². The summed E-state index contributed by atoms with van der Waals surface area (Å²) in [5.74, 6) is 0.531. The number of ether oxygens (including phenoxy) is 1. The van der Waals surface area contributed by atoms with Gasteiger partial charge in [0, 0.05) is 29.5 Å². The maximum Gasteiger partial charge on any atom is 0.251 e. The number of benzene rings is 1. The summed E-state index contributed by atoms with van der Waals surface area (Å²) in [5, 5.41) is 3.37. The number of pyridine rings is 1. The lowest BCUT2D eigenvalue weighted by Gasteiger charge is -2.08. The monoisotopic (exact) mass is 312 g/mol. The summed E-state index contributed by atoms with van der Waals surface area (Å²) >= 11 is 6.10. The zero-order chi connectivity index (χ0) is 13.7. The van der Waals surface area contributed by atoms with Crippen molar-refractivity contribution in [1.29, 1.82) is 0 Å². The number of carbonyl (C=O) groups excluding carboxylic acids is 1. The van der Waals surface area contributed by atoms with Crippen molar-refractivity contribution >= 4 is 29.9 Å². The van der Waals surface area contributed by atoms with Crippen molar-refractivity contribution in [3.63, 3.8) is 0 Å². The van der Waals surface area contributed by atoms with Gasteiger partial charge in [-0.2, -0.15) is 0 Å². The van der Waals surface area contributed by atoms with E-state index in [-0.39, 0.29) is 18.3 Å². The van der Waals surface area contributed by atoms with Crippen molar-refractivity contribution < 1.29 is 9.53 Å². The first kappa shape index (κ1) is 16.3. The molecule has 20 heavy (non-hydrogen) atoms. The predicted octanol–water partition coefficient (Wildman–Crippen LogP) is 3.10. The maximum atomic E-state index is 11.8. The van der Waals surface area contributed by atoms with E-state index in [1.54, 1.807) is 43.8 Å². The van der Waals surface area contributed by atoms with Crippen LogP contribution < -0.4 is 10.1 Å². The Balaban J connectivity index is 0.00000200. The van der Waals surface area contributed by atoms with E-state index in [1.807, 2.05) is 6.07 Å². The lowest BCUT2D eigenvalue weighted by Crippen LogP contribution is -2.22. The molecule has 1 N–H and O–H groups in total. The molecule has 1 heterocycles. The molecule has 0 aliphatic rings. The molecule has 2 rings (SSSR count). The van der Waals surface area contributed by atoms with Crippen LogP contribution in [-0.4, -0.2) is 18.0 Å². The quantitative estimate of drug-likeness (QED) is 0.943. The molecule has 4 nitrogen and oxygen atoms in total. The fourth-order valence-electron chi connectivity index (χ4n) is 1.58. The molecule has 0 saturated carbocycles. The van der Waals surface area contributed by atoms with Gasteiger partial charge in [0.15, 0.2) is 0 Å². The Hall–Kier alpha value is -1.78.